The van der Waals surface area contributed by atoms with E-state index >= 15 is 0 Å². The fraction of sp³-hybridized carbons (Fsp3) is 0.800. The second-order valence-corrected chi connectivity index (χ2v) is 3.89. The SMILES string of the molecule is OCc1nc(C2CCCCCC2)no1. The predicted octanol–water partition coefficient (Wildman–Crippen LogP) is 2.00. The molecule has 1 aromatic rings. The summed E-state index contributed by atoms with van der Waals surface area (Å²) in [5.74, 6) is 1.57. The van der Waals surface area contributed by atoms with Gasteiger partial charge in [-0.05, 0) is 12.8 Å². The van der Waals surface area contributed by atoms with Gasteiger partial charge in [0, 0.05) is 5.92 Å². The molecule has 1 saturated carbocycles. The zero-order valence-corrected chi connectivity index (χ0v) is 8.28. The Hall–Kier alpha value is -0.900. The third kappa shape index (κ3) is 2.12. The Kier molecular flexibility index (Phi) is 3.14. The summed E-state index contributed by atoms with van der Waals surface area (Å²) in [5, 5.41) is 12.7. The van der Waals surface area contributed by atoms with Crippen LogP contribution in [0.5, 0.6) is 0 Å². The van der Waals surface area contributed by atoms with Gasteiger partial charge in [-0.15, -0.1) is 0 Å². The topological polar surface area (TPSA) is 59.2 Å². The molecule has 0 bridgehead atoms. The van der Waals surface area contributed by atoms with E-state index in [1.165, 1.54) is 25.7 Å². The van der Waals surface area contributed by atoms with Crippen molar-refractivity contribution in [1.29, 1.82) is 0 Å². The van der Waals surface area contributed by atoms with Crippen molar-refractivity contribution in [2.75, 3.05) is 0 Å². The van der Waals surface area contributed by atoms with E-state index < -0.39 is 0 Å². The summed E-state index contributed by atoms with van der Waals surface area (Å²) in [6.07, 6.45) is 7.47. The van der Waals surface area contributed by atoms with E-state index in [1.807, 2.05) is 0 Å². The van der Waals surface area contributed by atoms with E-state index in [2.05, 4.69) is 10.1 Å². The second kappa shape index (κ2) is 4.55. The van der Waals surface area contributed by atoms with Gasteiger partial charge < -0.3 is 9.63 Å². The number of nitrogens with zero attached hydrogens (tertiary/aromatic N) is 2. The first-order chi connectivity index (χ1) is 6.90. The normalized spacial score (nSPS) is 19.5. The standard InChI is InChI=1S/C10H16N2O2/c13-7-9-11-10(12-14-9)8-5-3-1-2-4-6-8/h8,13H,1-7H2. The summed E-state index contributed by atoms with van der Waals surface area (Å²) in [5.41, 5.74) is 0. The van der Waals surface area contributed by atoms with Gasteiger partial charge in [-0.2, -0.15) is 4.98 Å². The fourth-order valence-corrected chi connectivity index (χ4v) is 2.04. The lowest BCUT2D eigenvalue weighted by atomic mass is 10.00. The van der Waals surface area contributed by atoms with Gasteiger partial charge in [0.05, 0.1) is 0 Å². The number of aliphatic hydroxyl groups is 1. The summed E-state index contributed by atoms with van der Waals surface area (Å²) < 4.78 is 4.90. The number of hydrogen-bond acceptors (Lipinski definition) is 4. The van der Waals surface area contributed by atoms with Crippen molar-refractivity contribution in [2.24, 2.45) is 0 Å². The molecular formula is C10H16N2O2. The summed E-state index contributed by atoms with van der Waals surface area (Å²) >= 11 is 0. The molecular weight excluding hydrogens is 180 g/mol. The Labute approximate surface area is 83.3 Å². The molecule has 0 saturated heterocycles. The molecule has 0 radical (unpaired) electrons. The Morgan fingerprint density at radius 1 is 1.21 bits per heavy atom. The zero-order valence-electron chi connectivity index (χ0n) is 8.28. The maximum atomic E-state index is 8.81. The van der Waals surface area contributed by atoms with Gasteiger partial charge in [0.25, 0.3) is 5.89 Å². The highest BCUT2D eigenvalue weighted by atomic mass is 16.5. The van der Waals surface area contributed by atoms with Crippen molar-refractivity contribution >= 4 is 0 Å². The Morgan fingerprint density at radius 2 is 1.93 bits per heavy atom. The average Bonchev–Trinajstić information content (AvgIpc) is 2.53. The quantitative estimate of drug-likeness (QED) is 0.735. The fourth-order valence-electron chi connectivity index (χ4n) is 2.04. The minimum atomic E-state index is -0.153. The molecule has 78 valence electrons. The maximum Gasteiger partial charge on any atom is 0.252 e. The van der Waals surface area contributed by atoms with Gasteiger partial charge in [-0.25, -0.2) is 0 Å². The molecule has 1 aromatic heterocycles. The van der Waals surface area contributed by atoms with E-state index in [0.717, 1.165) is 18.7 Å². The van der Waals surface area contributed by atoms with Crippen molar-refractivity contribution in [2.45, 2.75) is 51.0 Å². The minimum Gasteiger partial charge on any atom is -0.387 e. The molecule has 4 nitrogen and oxygen atoms in total. The highest BCUT2D eigenvalue weighted by Gasteiger charge is 2.19. The molecule has 0 atom stereocenters. The first-order valence-electron chi connectivity index (χ1n) is 5.33. The number of aliphatic hydroxyl groups excluding tert-OH is 1. The van der Waals surface area contributed by atoms with Gasteiger partial charge in [-0.1, -0.05) is 30.8 Å². The van der Waals surface area contributed by atoms with E-state index in [-0.39, 0.29) is 6.61 Å². The highest BCUT2D eigenvalue weighted by molar-refractivity contribution is 4.95. The summed E-state index contributed by atoms with van der Waals surface area (Å²) in [6, 6.07) is 0. The lowest BCUT2D eigenvalue weighted by Gasteiger charge is -2.07. The highest BCUT2D eigenvalue weighted by Crippen LogP contribution is 2.29. The van der Waals surface area contributed by atoms with Crippen molar-refractivity contribution in [3.63, 3.8) is 0 Å². The molecule has 1 aliphatic carbocycles. The summed E-state index contributed by atoms with van der Waals surface area (Å²) in [6.45, 7) is -0.153. The van der Waals surface area contributed by atoms with Gasteiger partial charge in [0.1, 0.15) is 6.61 Å². The van der Waals surface area contributed by atoms with E-state index in [0.29, 0.717) is 11.8 Å². The van der Waals surface area contributed by atoms with Crippen LogP contribution in [0.15, 0.2) is 4.52 Å². The van der Waals surface area contributed by atoms with Crippen LogP contribution in [0.3, 0.4) is 0 Å². The van der Waals surface area contributed by atoms with E-state index in [4.69, 9.17) is 9.63 Å². The van der Waals surface area contributed by atoms with Crippen LogP contribution in [0.2, 0.25) is 0 Å². The summed E-state index contributed by atoms with van der Waals surface area (Å²) in [7, 11) is 0. The van der Waals surface area contributed by atoms with Crippen LogP contribution in [-0.4, -0.2) is 15.2 Å². The van der Waals surface area contributed by atoms with E-state index in [1.54, 1.807) is 0 Å². The molecule has 1 aliphatic rings. The molecule has 1 heterocycles. The molecule has 1 N–H and O–H groups in total. The van der Waals surface area contributed by atoms with Crippen molar-refractivity contribution < 1.29 is 9.63 Å². The van der Waals surface area contributed by atoms with Crippen molar-refractivity contribution in [3.05, 3.63) is 11.7 Å². The lowest BCUT2D eigenvalue weighted by molar-refractivity contribution is 0.222. The molecule has 2 rings (SSSR count). The molecule has 14 heavy (non-hydrogen) atoms. The van der Waals surface area contributed by atoms with Crippen LogP contribution < -0.4 is 0 Å². The second-order valence-electron chi connectivity index (χ2n) is 3.89. The Balaban J connectivity index is 2.04. The third-order valence-corrected chi connectivity index (χ3v) is 2.84. The van der Waals surface area contributed by atoms with E-state index in [9.17, 15) is 0 Å². The number of aromatic nitrogens is 2. The first kappa shape index (κ1) is 9.65. The number of hydrogen-bond donors (Lipinski definition) is 1. The van der Waals surface area contributed by atoms with Crippen molar-refractivity contribution in [3.8, 4) is 0 Å². The minimum absolute atomic E-state index is 0.153. The Morgan fingerprint density at radius 3 is 2.50 bits per heavy atom. The van der Waals surface area contributed by atoms with Crippen molar-refractivity contribution in [1.82, 2.24) is 10.1 Å². The van der Waals surface area contributed by atoms with Crippen LogP contribution in [-0.2, 0) is 6.61 Å². The van der Waals surface area contributed by atoms with Gasteiger partial charge in [0.2, 0.25) is 0 Å². The predicted molar refractivity (Wildman–Crippen MR) is 50.7 cm³/mol. The lowest BCUT2D eigenvalue weighted by Crippen LogP contribution is -1.99. The maximum absolute atomic E-state index is 8.81. The van der Waals surface area contributed by atoms with Crippen LogP contribution in [0, 0.1) is 0 Å². The van der Waals surface area contributed by atoms with Crippen LogP contribution >= 0.6 is 0 Å². The molecule has 0 aliphatic heterocycles. The molecule has 1 fully saturated rings. The van der Waals surface area contributed by atoms with Crippen LogP contribution in [0.1, 0.15) is 56.2 Å². The number of rotatable bonds is 2. The molecule has 0 aromatic carbocycles. The van der Waals surface area contributed by atoms with Crippen LogP contribution in [0.25, 0.3) is 0 Å². The Bertz CT molecular complexity index is 277. The molecule has 0 spiro atoms. The molecule has 0 unspecified atom stereocenters. The monoisotopic (exact) mass is 196 g/mol. The molecule has 4 heteroatoms. The first-order valence-corrected chi connectivity index (χ1v) is 5.33. The van der Waals surface area contributed by atoms with Gasteiger partial charge in [-0.3, -0.25) is 0 Å². The van der Waals surface area contributed by atoms with Gasteiger partial charge >= 0.3 is 0 Å². The largest absolute Gasteiger partial charge is 0.387 e. The van der Waals surface area contributed by atoms with Crippen LogP contribution in [0.4, 0.5) is 0 Å². The third-order valence-electron chi connectivity index (χ3n) is 2.84. The van der Waals surface area contributed by atoms with Gasteiger partial charge in [0.15, 0.2) is 5.82 Å². The average molecular weight is 196 g/mol. The summed E-state index contributed by atoms with van der Waals surface area (Å²) in [4.78, 5) is 4.17. The molecule has 0 amide bonds. The smallest absolute Gasteiger partial charge is 0.252 e. The zero-order chi connectivity index (χ0) is 9.80.